The third-order valence-corrected chi connectivity index (χ3v) is 2.70. The number of ether oxygens (including phenoxy) is 1. The molecule has 0 radical (unpaired) electrons. The molecule has 1 unspecified atom stereocenters. The van der Waals surface area contributed by atoms with E-state index in [0.29, 0.717) is 18.9 Å². The molecule has 3 nitrogen and oxygen atoms in total. The zero-order chi connectivity index (χ0) is 12.1. The standard InChI is InChI=1S/C13H21NO2/c1-9(2)11-8-10(12(15)6-7-14)4-5-13(11)16-3/h4-5,8-9,12,15H,6-7,14H2,1-3H3. The van der Waals surface area contributed by atoms with Gasteiger partial charge in [-0.1, -0.05) is 19.9 Å². The molecule has 0 aliphatic rings. The zero-order valence-electron chi connectivity index (χ0n) is 10.2. The van der Waals surface area contributed by atoms with Crippen LogP contribution in [-0.4, -0.2) is 18.8 Å². The molecule has 1 aromatic carbocycles. The SMILES string of the molecule is COc1ccc(C(O)CCN)cc1C(C)C. The van der Waals surface area contributed by atoms with Crippen LogP contribution in [0.1, 0.15) is 43.4 Å². The molecule has 0 bridgehead atoms. The van der Waals surface area contributed by atoms with Gasteiger partial charge in [0.2, 0.25) is 0 Å². The Balaban J connectivity index is 3.01. The number of rotatable bonds is 5. The molecule has 1 rings (SSSR count). The average molecular weight is 223 g/mol. The van der Waals surface area contributed by atoms with Gasteiger partial charge in [-0.15, -0.1) is 0 Å². The van der Waals surface area contributed by atoms with Crippen molar-refractivity contribution in [1.29, 1.82) is 0 Å². The number of nitrogens with two attached hydrogens (primary N) is 1. The van der Waals surface area contributed by atoms with Gasteiger partial charge in [0.05, 0.1) is 13.2 Å². The lowest BCUT2D eigenvalue weighted by molar-refractivity contribution is 0.170. The molecule has 0 aromatic heterocycles. The molecule has 0 aliphatic carbocycles. The van der Waals surface area contributed by atoms with E-state index < -0.39 is 6.10 Å². The fourth-order valence-corrected chi connectivity index (χ4v) is 1.74. The molecule has 0 spiro atoms. The van der Waals surface area contributed by atoms with Crippen LogP contribution < -0.4 is 10.5 Å². The van der Waals surface area contributed by atoms with Gasteiger partial charge in [-0.25, -0.2) is 0 Å². The van der Waals surface area contributed by atoms with E-state index in [1.54, 1.807) is 7.11 Å². The van der Waals surface area contributed by atoms with Gasteiger partial charge in [0.25, 0.3) is 0 Å². The quantitative estimate of drug-likeness (QED) is 0.804. The van der Waals surface area contributed by atoms with E-state index in [-0.39, 0.29) is 0 Å². The van der Waals surface area contributed by atoms with Gasteiger partial charge in [-0.2, -0.15) is 0 Å². The van der Waals surface area contributed by atoms with Gasteiger partial charge < -0.3 is 15.6 Å². The minimum absolute atomic E-state index is 0.375. The monoisotopic (exact) mass is 223 g/mol. The van der Waals surface area contributed by atoms with Crippen LogP contribution in [0.15, 0.2) is 18.2 Å². The highest BCUT2D eigenvalue weighted by Gasteiger charge is 2.12. The summed E-state index contributed by atoms with van der Waals surface area (Å²) in [5.41, 5.74) is 7.47. The third-order valence-electron chi connectivity index (χ3n) is 2.70. The lowest BCUT2D eigenvalue weighted by Crippen LogP contribution is -2.07. The molecule has 1 atom stereocenters. The van der Waals surface area contributed by atoms with E-state index in [9.17, 15) is 5.11 Å². The van der Waals surface area contributed by atoms with Crippen LogP contribution in [-0.2, 0) is 0 Å². The zero-order valence-corrected chi connectivity index (χ0v) is 10.2. The number of hydrogen-bond acceptors (Lipinski definition) is 3. The number of benzene rings is 1. The van der Waals surface area contributed by atoms with Gasteiger partial charge in [0.15, 0.2) is 0 Å². The van der Waals surface area contributed by atoms with Gasteiger partial charge >= 0.3 is 0 Å². The summed E-state index contributed by atoms with van der Waals surface area (Å²) in [6.45, 7) is 4.71. The van der Waals surface area contributed by atoms with Crippen molar-refractivity contribution in [3.05, 3.63) is 29.3 Å². The fraction of sp³-hybridized carbons (Fsp3) is 0.538. The minimum atomic E-state index is -0.478. The number of aliphatic hydroxyl groups is 1. The summed E-state index contributed by atoms with van der Waals surface area (Å²) in [7, 11) is 1.66. The highest BCUT2D eigenvalue weighted by molar-refractivity contribution is 5.40. The van der Waals surface area contributed by atoms with E-state index in [1.807, 2.05) is 18.2 Å². The van der Waals surface area contributed by atoms with Gasteiger partial charge in [-0.05, 0) is 42.1 Å². The minimum Gasteiger partial charge on any atom is -0.496 e. The van der Waals surface area contributed by atoms with Crippen molar-refractivity contribution in [2.45, 2.75) is 32.3 Å². The Labute approximate surface area is 97.2 Å². The smallest absolute Gasteiger partial charge is 0.122 e. The van der Waals surface area contributed by atoms with Crippen LogP contribution in [0.3, 0.4) is 0 Å². The maximum Gasteiger partial charge on any atom is 0.122 e. The second kappa shape index (κ2) is 5.87. The first-order chi connectivity index (χ1) is 7.60. The summed E-state index contributed by atoms with van der Waals surface area (Å²) in [4.78, 5) is 0. The second-order valence-electron chi connectivity index (χ2n) is 4.25. The molecule has 3 heteroatoms. The molecule has 1 aromatic rings. The molecule has 90 valence electrons. The molecule has 0 fully saturated rings. The predicted molar refractivity (Wildman–Crippen MR) is 65.7 cm³/mol. The maximum atomic E-state index is 9.87. The predicted octanol–water partition coefficient (Wildman–Crippen LogP) is 2.20. The van der Waals surface area contributed by atoms with Crippen molar-refractivity contribution >= 4 is 0 Å². The van der Waals surface area contributed by atoms with E-state index in [1.165, 1.54) is 0 Å². The summed E-state index contributed by atoms with van der Waals surface area (Å²) in [5.74, 6) is 1.25. The van der Waals surface area contributed by atoms with Crippen LogP contribution in [0.2, 0.25) is 0 Å². The molecule has 0 amide bonds. The molecular formula is C13H21NO2. The molecule has 0 saturated carbocycles. The van der Waals surface area contributed by atoms with Gasteiger partial charge in [0, 0.05) is 0 Å². The van der Waals surface area contributed by atoms with E-state index in [0.717, 1.165) is 16.9 Å². The van der Waals surface area contributed by atoms with Crippen LogP contribution in [0.4, 0.5) is 0 Å². The van der Waals surface area contributed by atoms with Gasteiger partial charge in [-0.3, -0.25) is 0 Å². The number of methoxy groups -OCH3 is 1. The van der Waals surface area contributed by atoms with Crippen LogP contribution in [0.5, 0.6) is 5.75 Å². The lowest BCUT2D eigenvalue weighted by Gasteiger charge is -2.16. The average Bonchev–Trinajstić information content (AvgIpc) is 2.28. The summed E-state index contributed by atoms with van der Waals surface area (Å²) in [6.07, 6.45) is 0.109. The van der Waals surface area contributed by atoms with Crippen molar-refractivity contribution in [2.75, 3.05) is 13.7 Å². The van der Waals surface area contributed by atoms with Crippen molar-refractivity contribution in [3.63, 3.8) is 0 Å². The molecule has 0 heterocycles. The Morgan fingerprint density at radius 1 is 1.38 bits per heavy atom. The van der Waals surface area contributed by atoms with Crippen molar-refractivity contribution in [3.8, 4) is 5.75 Å². The summed E-state index contributed by atoms with van der Waals surface area (Å²) < 4.78 is 5.30. The number of aliphatic hydroxyl groups excluding tert-OH is 1. The Bertz CT molecular complexity index is 337. The topological polar surface area (TPSA) is 55.5 Å². The van der Waals surface area contributed by atoms with Crippen LogP contribution in [0, 0.1) is 0 Å². The molecule has 3 N–H and O–H groups in total. The maximum absolute atomic E-state index is 9.87. The molecule has 0 aliphatic heterocycles. The Kier molecular flexibility index (Phi) is 4.77. The Morgan fingerprint density at radius 2 is 2.06 bits per heavy atom. The second-order valence-corrected chi connectivity index (χ2v) is 4.25. The largest absolute Gasteiger partial charge is 0.496 e. The first kappa shape index (κ1) is 13.0. The summed E-state index contributed by atoms with van der Waals surface area (Å²) >= 11 is 0. The van der Waals surface area contributed by atoms with E-state index in [2.05, 4.69) is 13.8 Å². The lowest BCUT2D eigenvalue weighted by atomic mass is 9.96. The highest BCUT2D eigenvalue weighted by Crippen LogP contribution is 2.29. The van der Waals surface area contributed by atoms with Crippen LogP contribution >= 0.6 is 0 Å². The van der Waals surface area contributed by atoms with Crippen molar-refractivity contribution < 1.29 is 9.84 Å². The van der Waals surface area contributed by atoms with Crippen molar-refractivity contribution in [2.24, 2.45) is 5.73 Å². The first-order valence-corrected chi connectivity index (χ1v) is 5.66. The summed E-state index contributed by atoms with van der Waals surface area (Å²) in [6, 6.07) is 5.80. The normalized spacial score (nSPS) is 12.9. The van der Waals surface area contributed by atoms with Gasteiger partial charge in [0.1, 0.15) is 5.75 Å². The molecule has 0 saturated heterocycles. The summed E-state index contributed by atoms with van der Waals surface area (Å²) in [5, 5.41) is 9.87. The van der Waals surface area contributed by atoms with Crippen molar-refractivity contribution in [1.82, 2.24) is 0 Å². The van der Waals surface area contributed by atoms with E-state index in [4.69, 9.17) is 10.5 Å². The molecule has 16 heavy (non-hydrogen) atoms. The molecular weight excluding hydrogens is 202 g/mol. The third kappa shape index (κ3) is 2.97. The Morgan fingerprint density at radius 3 is 2.56 bits per heavy atom. The number of hydrogen-bond donors (Lipinski definition) is 2. The van der Waals surface area contributed by atoms with E-state index >= 15 is 0 Å². The fourth-order valence-electron chi connectivity index (χ4n) is 1.74. The highest BCUT2D eigenvalue weighted by atomic mass is 16.5. The van der Waals surface area contributed by atoms with Crippen LogP contribution in [0.25, 0.3) is 0 Å². The Hall–Kier alpha value is -1.06. The first-order valence-electron chi connectivity index (χ1n) is 5.66.